The molecule has 1 aromatic carbocycles. The van der Waals surface area contributed by atoms with E-state index in [1.807, 2.05) is 0 Å². The van der Waals surface area contributed by atoms with Crippen LogP contribution in [0.3, 0.4) is 0 Å². The number of benzene rings is 1. The second-order valence-corrected chi connectivity index (χ2v) is 9.14. The average Bonchev–Trinajstić information content (AvgIpc) is 3.10. The third kappa shape index (κ3) is 4.78. The van der Waals surface area contributed by atoms with Gasteiger partial charge in [0, 0.05) is 19.5 Å². The first-order chi connectivity index (χ1) is 15.0. The topological polar surface area (TPSA) is 67.9 Å². The number of carbonyl (C=O) groups excluding carboxylic acids is 2. The monoisotopic (exact) mass is 458 g/mol. The third-order valence-electron chi connectivity index (χ3n) is 6.78. The van der Waals surface area contributed by atoms with Gasteiger partial charge in [-0.05, 0) is 62.6 Å². The number of hydrogen-bond acceptors (Lipinski definition) is 4. The van der Waals surface area contributed by atoms with Crippen molar-refractivity contribution in [3.05, 3.63) is 29.6 Å². The number of amides is 2. The van der Waals surface area contributed by atoms with Crippen molar-refractivity contribution in [1.82, 2.24) is 10.2 Å². The van der Waals surface area contributed by atoms with E-state index in [9.17, 15) is 27.2 Å². The standard InChI is InChI=1S/C22H26F4N2O4/c1-13(32-18-3-2-16(23)9-17(18)22(24,25)26)15-4-6-28(7-5-15)19(29)8-14-10-21(11-14)12-31-20(30)27-21/h2-3,9,13-15H,4-8,10-12H2,1H3,(H,27,30)/t13?,14-,21+. The molecule has 2 saturated heterocycles. The van der Waals surface area contributed by atoms with Gasteiger partial charge in [0.05, 0.1) is 11.6 Å². The molecule has 0 bridgehead atoms. The molecule has 0 radical (unpaired) electrons. The smallest absolute Gasteiger partial charge is 0.420 e. The maximum Gasteiger partial charge on any atom is 0.420 e. The minimum atomic E-state index is -4.71. The van der Waals surface area contributed by atoms with Crippen LogP contribution in [0.2, 0.25) is 0 Å². The predicted octanol–water partition coefficient (Wildman–Crippen LogP) is 4.13. The zero-order valence-electron chi connectivity index (χ0n) is 17.7. The molecule has 1 unspecified atom stereocenters. The van der Waals surface area contributed by atoms with Gasteiger partial charge in [0.2, 0.25) is 5.91 Å². The molecule has 1 aromatic rings. The van der Waals surface area contributed by atoms with Crippen LogP contribution in [0.15, 0.2) is 18.2 Å². The number of cyclic esters (lactones) is 1. The van der Waals surface area contributed by atoms with Gasteiger partial charge < -0.3 is 19.7 Å². The molecule has 2 aliphatic heterocycles. The summed E-state index contributed by atoms with van der Waals surface area (Å²) < 4.78 is 63.4. The van der Waals surface area contributed by atoms with E-state index >= 15 is 0 Å². The lowest BCUT2D eigenvalue weighted by Crippen LogP contribution is -2.55. The Balaban J connectivity index is 1.25. The van der Waals surface area contributed by atoms with E-state index in [1.165, 1.54) is 0 Å². The number of hydrogen-bond donors (Lipinski definition) is 1. The molecule has 3 aliphatic rings. The van der Waals surface area contributed by atoms with Crippen LogP contribution < -0.4 is 10.1 Å². The zero-order valence-corrected chi connectivity index (χ0v) is 17.7. The molecule has 1 spiro atoms. The first-order valence-electron chi connectivity index (χ1n) is 10.8. The van der Waals surface area contributed by atoms with Crippen molar-refractivity contribution in [3.8, 4) is 5.75 Å². The van der Waals surface area contributed by atoms with Crippen molar-refractivity contribution >= 4 is 12.0 Å². The largest absolute Gasteiger partial charge is 0.490 e. The number of halogens is 4. The van der Waals surface area contributed by atoms with Crippen LogP contribution in [0.25, 0.3) is 0 Å². The highest BCUT2D eigenvalue weighted by Crippen LogP contribution is 2.43. The van der Waals surface area contributed by atoms with Gasteiger partial charge >= 0.3 is 12.3 Å². The van der Waals surface area contributed by atoms with Gasteiger partial charge in [-0.15, -0.1) is 0 Å². The maximum absolute atomic E-state index is 13.3. The Labute approximate surface area is 183 Å². The Morgan fingerprint density at radius 1 is 1.31 bits per heavy atom. The number of rotatable bonds is 5. The molecular formula is C22H26F4N2O4. The van der Waals surface area contributed by atoms with Crippen LogP contribution in [-0.4, -0.2) is 48.2 Å². The first kappa shape index (κ1) is 22.7. The van der Waals surface area contributed by atoms with Crippen LogP contribution >= 0.6 is 0 Å². The van der Waals surface area contributed by atoms with E-state index in [1.54, 1.807) is 11.8 Å². The van der Waals surface area contributed by atoms with Crippen LogP contribution in [0, 0.1) is 17.7 Å². The lowest BCUT2D eigenvalue weighted by atomic mass is 9.67. The van der Waals surface area contributed by atoms with Gasteiger partial charge in [0.1, 0.15) is 23.7 Å². The van der Waals surface area contributed by atoms with Crippen LogP contribution in [0.4, 0.5) is 22.4 Å². The number of nitrogens with one attached hydrogen (secondary N) is 1. The van der Waals surface area contributed by atoms with Gasteiger partial charge in [-0.2, -0.15) is 13.2 Å². The third-order valence-corrected chi connectivity index (χ3v) is 6.78. The quantitative estimate of drug-likeness (QED) is 0.674. The fraction of sp³-hybridized carbons (Fsp3) is 0.636. The van der Waals surface area contributed by atoms with Crippen molar-refractivity contribution in [2.24, 2.45) is 11.8 Å². The van der Waals surface area contributed by atoms with E-state index in [-0.39, 0.29) is 29.0 Å². The molecule has 32 heavy (non-hydrogen) atoms. The van der Waals surface area contributed by atoms with E-state index in [0.717, 1.165) is 25.0 Å². The lowest BCUT2D eigenvalue weighted by Gasteiger charge is -2.43. The zero-order chi connectivity index (χ0) is 23.1. The summed E-state index contributed by atoms with van der Waals surface area (Å²) in [4.78, 5) is 25.6. The molecular weight excluding hydrogens is 432 g/mol. The van der Waals surface area contributed by atoms with Crippen molar-refractivity contribution < 1.29 is 36.6 Å². The van der Waals surface area contributed by atoms with Crippen LogP contribution in [0.5, 0.6) is 5.75 Å². The molecule has 1 saturated carbocycles. The summed E-state index contributed by atoms with van der Waals surface area (Å²) in [6, 6.07) is 2.40. The van der Waals surface area contributed by atoms with E-state index < -0.39 is 29.8 Å². The van der Waals surface area contributed by atoms with Gasteiger partial charge in [-0.1, -0.05) is 0 Å². The Bertz CT molecular complexity index is 877. The van der Waals surface area contributed by atoms with E-state index in [0.29, 0.717) is 45.0 Å². The number of carbonyl (C=O) groups is 2. The minimum Gasteiger partial charge on any atom is -0.490 e. The highest BCUT2D eigenvalue weighted by molar-refractivity contribution is 5.77. The van der Waals surface area contributed by atoms with E-state index in [2.05, 4.69) is 5.32 Å². The summed E-state index contributed by atoms with van der Waals surface area (Å²) in [5.41, 5.74) is -1.43. The molecule has 1 atom stereocenters. The average molecular weight is 458 g/mol. The van der Waals surface area contributed by atoms with Crippen LogP contribution in [-0.2, 0) is 15.7 Å². The lowest BCUT2D eigenvalue weighted by molar-refractivity contribution is -0.140. The summed E-state index contributed by atoms with van der Waals surface area (Å²) >= 11 is 0. The van der Waals surface area contributed by atoms with Crippen molar-refractivity contribution in [2.75, 3.05) is 19.7 Å². The summed E-state index contributed by atoms with van der Waals surface area (Å²) in [5.74, 6) is -1.09. The molecule has 1 N–H and O–H groups in total. The Kier molecular flexibility index (Phi) is 5.98. The summed E-state index contributed by atoms with van der Waals surface area (Å²) in [6.07, 6.45) is -2.51. The number of nitrogens with zero attached hydrogens (tertiary/aromatic N) is 1. The predicted molar refractivity (Wildman–Crippen MR) is 105 cm³/mol. The van der Waals surface area contributed by atoms with Gasteiger partial charge in [0.25, 0.3) is 0 Å². The number of ether oxygens (including phenoxy) is 2. The molecule has 3 fully saturated rings. The summed E-state index contributed by atoms with van der Waals surface area (Å²) in [7, 11) is 0. The SMILES string of the molecule is CC(Oc1ccc(F)cc1C(F)(F)F)C1CCN(C(=O)C[C@H]2C[C@]3(COC(=O)N3)C2)CC1. The second kappa shape index (κ2) is 8.44. The fourth-order valence-corrected chi connectivity index (χ4v) is 5.02. The molecule has 1 aliphatic carbocycles. The molecule has 6 nitrogen and oxygen atoms in total. The number of piperidine rings is 1. The Hall–Kier alpha value is -2.52. The second-order valence-electron chi connectivity index (χ2n) is 9.14. The van der Waals surface area contributed by atoms with Crippen molar-refractivity contribution in [2.45, 2.75) is 56.8 Å². The van der Waals surface area contributed by atoms with Crippen LogP contribution in [0.1, 0.15) is 44.6 Å². The number of alkyl halides is 3. The van der Waals surface area contributed by atoms with Gasteiger partial charge in [-0.3, -0.25) is 4.79 Å². The van der Waals surface area contributed by atoms with E-state index in [4.69, 9.17) is 9.47 Å². The minimum absolute atomic E-state index is 0.0111. The van der Waals surface area contributed by atoms with Gasteiger partial charge in [0.15, 0.2) is 0 Å². The highest BCUT2D eigenvalue weighted by atomic mass is 19.4. The highest BCUT2D eigenvalue weighted by Gasteiger charge is 2.50. The summed E-state index contributed by atoms with van der Waals surface area (Å²) in [5, 5.41) is 2.81. The normalized spacial score (nSPS) is 27.0. The molecule has 0 aromatic heterocycles. The summed E-state index contributed by atoms with van der Waals surface area (Å²) in [6.45, 7) is 3.09. The fourth-order valence-electron chi connectivity index (χ4n) is 5.02. The number of alkyl carbamates (subject to hydrolysis) is 1. The maximum atomic E-state index is 13.3. The molecule has 2 heterocycles. The van der Waals surface area contributed by atoms with Gasteiger partial charge in [-0.25, -0.2) is 9.18 Å². The van der Waals surface area contributed by atoms with Crippen molar-refractivity contribution in [1.29, 1.82) is 0 Å². The molecule has 176 valence electrons. The first-order valence-corrected chi connectivity index (χ1v) is 10.8. The molecule has 2 amide bonds. The van der Waals surface area contributed by atoms with Crippen molar-refractivity contribution in [3.63, 3.8) is 0 Å². The Morgan fingerprint density at radius 2 is 2.00 bits per heavy atom. The molecule has 4 rings (SSSR count). The molecule has 10 heteroatoms. The Morgan fingerprint density at radius 3 is 2.59 bits per heavy atom. The number of likely N-dealkylation sites (tertiary alicyclic amines) is 1.